The molecule has 1 unspecified atom stereocenters. The van der Waals surface area contributed by atoms with E-state index in [1.807, 2.05) is 0 Å². The van der Waals surface area contributed by atoms with Crippen LogP contribution in [0, 0.1) is 0 Å². The van der Waals surface area contributed by atoms with Crippen LogP contribution in [-0.4, -0.2) is 37.2 Å². The van der Waals surface area contributed by atoms with E-state index in [0.29, 0.717) is 19.3 Å². The van der Waals surface area contributed by atoms with Gasteiger partial charge in [-0.3, -0.25) is 14.4 Å². The zero-order valence-electron chi connectivity index (χ0n) is 51.8. The van der Waals surface area contributed by atoms with E-state index in [2.05, 4.69) is 167 Å². The highest BCUT2D eigenvalue weighted by atomic mass is 16.6. The fraction of sp³-hybridized carbons (Fsp3) is 0.635. The second kappa shape index (κ2) is 66.8. The van der Waals surface area contributed by atoms with Crippen molar-refractivity contribution < 1.29 is 28.6 Å². The fourth-order valence-corrected chi connectivity index (χ4v) is 8.69. The third-order valence-electron chi connectivity index (χ3n) is 13.6. The number of hydrogen-bond donors (Lipinski definition) is 0. The number of carbonyl (C=O) groups excluding carboxylic acids is 3. The summed E-state index contributed by atoms with van der Waals surface area (Å²) in [6.45, 7) is 6.46. The molecule has 0 aliphatic carbocycles. The van der Waals surface area contributed by atoms with Crippen LogP contribution in [-0.2, 0) is 28.6 Å². The van der Waals surface area contributed by atoms with E-state index in [4.69, 9.17) is 14.2 Å². The van der Waals surface area contributed by atoms with Crippen molar-refractivity contribution >= 4 is 17.9 Å². The van der Waals surface area contributed by atoms with Crippen molar-refractivity contribution in [3.8, 4) is 0 Å². The van der Waals surface area contributed by atoms with Crippen molar-refractivity contribution in [3.63, 3.8) is 0 Å². The van der Waals surface area contributed by atoms with Crippen molar-refractivity contribution in [1.29, 1.82) is 0 Å². The molecular weight excluding hydrogens is 985 g/mol. The summed E-state index contributed by atoms with van der Waals surface area (Å²) in [5.41, 5.74) is 0. The number of unbranched alkanes of at least 4 members (excludes halogenated alkanes) is 23. The smallest absolute Gasteiger partial charge is 0.306 e. The Bertz CT molecular complexity index is 1750. The Morgan fingerprint density at radius 1 is 0.263 bits per heavy atom. The summed E-state index contributed by atoms with van der Waals surface area (Å²) in [6.07, 6.45) is 95.7. The highest BCUT2D eigenvalue weighted by Gasteiger charge is 2.19. The van der Waals surface area contributed by atoms with Gasteiger partial charge in [0.25, 0.3) is 0 Å². The largest absolute Gasteiger partial charge is 0.462 e. The Labute approximate surface area is 493 Å². The second-order valence-electron chi connectivity index (χ2n) is 21.3. The molecule has 0 aliphatic heterocycles. The van der Waals surface area contributed by atoms with Crippen LogP contribution in [0.2, 0.25) is 0 Å². The average molecular weight is 1110 g/mol. The van der Waals surface area contributed by atoms with Crippen LogP contribution in [0.5, 0.6) is 0 Å². The number of carbonyl (C=O) groups is 3. The van der Waals surface area contributed by atoms with Crippen LogP contribution in [0.25, 0.3) is 0 Å². The molecule has 6 nitrogen and oxygen atoms in total. The topological polar surface area (TPSA) is 78.9 Å². The standard InChI is InChI=1S/C74H120O6/c1-4-7-10-13-16-19-22-25-27-29-31-33-34-35-36-37-38-39-40-42-43-45-47-49-52-55-58-61-64-67-73(76)79-70-71(69-78-72(75)66-63-60-57-54-51-24-21-18-15-12-9-6-3)80-74(77)68-65-62-59-56-53-50-48-46-44-41-32-30-28-26-23-20-17-14-11-8-5-2/h7,10,16,19,23,25-27,30-33,35-36,38-39,42-44,46-47,49,55,58,71H,4-6,8-9,11-15,17-18,20-22,24,28-29,34,37,40-41,45,48,50-54,56-57,59-70H2,1-3H3/b10-7-,19-16-,26-23-,27-25-,32-30-,33-31-,36-35-,39-38-,43-42-,46-44-,49-47-,58-55-. The first-order chi connectivity index (χ1) is 39.5. The maximum Gasteiger partial charge on any atom is 0.306 e. The Kier molecular flexibility index (Phi) is 62.9. The van der Waals surface area contributed by atoms with E-state index in [-0.39, 0.29) is 37.5 Å². The number of rotatable bonds is 58. The lowest BCUT2D eigenvalue weighted by Crippen LogP contribution is -2.30. The average Bonchev–Trinajstić information content (AvgIpc) is 3.46. The summed E-state index contributed by atoms with van der Waals surface area (Å²) >= 11 is 0. The minimum atomic E-state index is -0.814. The molecule has 80 heavy (non-hydrogen) atoms. The van der Waals surface area contributed by atoms with Gasteiger partial charge in [-0.15, -0.1) is 0 Å². The summed E-state index contributed by atoms with van der Waals surface area (Å²) in [4.78, 5) is 38.3. The summed E-state index contributed by atoms with van der Waals surface area (Å²) in [5.74, 6) is -0.978. The van der Waals surface area contributed by atoms with Gasteiger partial charge in [-0.25, -0.2) is 0 Å². The Morgan fingerprint density at radius 3 is 0.812 bits per heavy atom. The first-order valence-corrected chi connectivity index (χ1v) is 32.8. The van der Waals surface area contributed by atoms with E-state index in [1.54, 1.807) is 0 Å². The Hall–Kier alpha value is -4.71. The zero-order chi connectivity index (χ0) is 57.8. The maximum absolute atomic E-state index is 12.9. The van der Waals surface area contributed by atoms with Crippen molar-refractivity contribution in [1.82, 2.24) is 0 Å². The van der Waals surface area contributed by atoms with Gasteiger partial charge in [0.05, 0.1) is 0 Å². The molecule has 0 N–H and O–H groups in total. The highest BCUT2D eigenvalue weighted by molar-refractivity contribution is 5.71. The van der Waals surface area contributed by atoms with E-state index >= 15 is 0 Å². The molecule has 0 spiro atoms. The van der Waals surface area contributed by atoms with Crippen LogP contribution in [0.4, 0.5) is 0 Å². The predicted octanol–water partition coefficient (Wildman–Crippen LogP) is 22.7. The minimum absolute atomic E-state index is 0.104. The van der Waals surface area contributed by atoms with Crippen LogP contribution in [0.1, 0.15) is 284 Å². The van der Waals surface area contributed by atoms with E-state index in [9.17, 15) is 14.4 Å². The number of hydrogen-bond acceptors (Lipinski definition) is 6. The van der Waals surface area contributed by atoms with Crippen LogP contribution in [0.15, 0.2) is 146 Å². The van der Waals surface area contributed by atoms with Gasteiger partial charge < -0.3 is 14.2 Å². The molecule has 0 heterocycles. The van der Waals surface area contributed by atoms with Crippen LogP contribution in [0.3, 0.4) is 0 Å². The molecule has 0 fully saturated rings. The normalized spacial score (nSPS) is 13.1. The summed E-state index contributed by atoms with van der Waals surface area (Å²) in [6, 6.07) is 0. The molecular formula is C74H120O6. The monoisotopic (exact) mass is 1100 g/mol. The van der Waals surface area contributed by atoms with E-state index in [1.165, 1.54) is 109 Å². The van der Waals surface area contributed by atoms with Gasteiger partial charge in [-0.05, 0) is 122 Å². The van der Waals surface area contributed by atoms with Gasteiger partial charge in [0.2, 0.25) is 0 Å². The molecule has 0 aromatic carbocycles. The van der Waals surface area contributed by atoms with E-state index in [0.717, 1.165) is 128 Å². The lowest BCUT2D eigenvalue weighted by molar-refractivity contribution is -0.167. The van der Waals surface area contributed by atoms with Crippen molar-refractivity contribution in [2.45, 2.75) is 290 Å². The van der Waals surface area contributed by atoms with Gasteiger partial charge >= 0.3 is 17.9 Å². The first kappa shape index (κ1) is 75.3. The lowest BCUT2D eigenvalue weighted by atomic mass is 10.0. The van der Waals surface area contributed by atoms with Gasteiger partial charge in [-0.2, -0.15) is 0 Å². The molecule has 0 saturated heterocycles. The van der Waals surface area contributed by atoms with Crippen LogP contribution < -0.4 is 0 Å². The molecule has 0 aromatic heterocycles. The molecule has 0 aromatic rings. The SMILES string of the molecule is CC/C=C\C/C=C\C/C=C\C/C=C\C/C=C\C/C=C\C/C=C\C/C=C\C/C=C\CCCC(=O)OCC(COC(=O)CCCCCCCCCCCCCC)OC(=O)CCCCCCCC/C=C\C/C=C\C/C=C\CCCCCCC. The predicted molar refractivity (Wildman–Crippen MR) is 348 cm³/mol. The third kappa shape index (κ3) is 64.1. The maximum atomic E-state index is 12.9. The molecule has 452 valence electrons. The molecule has 1 atom stereocenters. The van der Waals surface area contributed by atoms with Crippen molar-refractivity contribution in [2.75, 3.05) is 13.2 Å². The third-order valence-corrected chi connectivity index (χ3v) is 13.6. The van der Waals surface area contributed by atoms with Crippen molar-refractivity contribution in [3.05, 3.63) is 146 Å². The second-order valence-corrected chi connectivity index (χ2v) is 21.3. The molecule has 0 radical (unpaired) electrons. The Balaban J connectivity index is 4.46. The number of allylic oxidation sites excluding steroid dienone is 24. The molecule has 0 amide bonds. The number of ether oxygens (including phenoxy) is 3. The fourth-order valence-electron chi connectivity index (χ4n) is 8.69. The summed E-state index contributed by atoms with van der Waals surface area (Å²) in [5, 5.41) is 0. The lowest BCUT2D eigenvalue weighted by Gasteiger charge is -2.18. The summed E-state index contributed by atoms with van der Waals surface area (Å²) in [7, 11) is 0. The van der Waals surface area contributed by atoms with Gasteiger partial charge in [-0.1, -0.05) is 289 Å². The quantitative estimate of drug-likeness (QED) is 0.0261. The minimum Gasteiger partial charge on any atom is -0.462 e. The van der Waals surface area contributed by atoms with Crippen molar-refractivity contribution in [2.24, 2.45) is 0 Å². The van der Waals surface area contributed by atoms with Gasteiger partial charge in [0, 0.05) is 19.3 Å². The van der Waals surface area contributed by atoms with E-state index < -0.39 is 6.10 Å². The molecule has 0 bridgehead atoms. The number of esters is 3. The molecule has 0 aliphatic rings. The molecule has 6 heteroatoms. The first-order valence-electron chi connectivity index (χ1n) is 32.8. The van der Waals surface area contributed by atoms with Crippen LogP contribution >= 0.6 is 0 Å². The zero-order valence-corrected chi connectivity index (χ0v) is 51.8. The molecule has 0 rings (SSSR count). The van der Waals surface area contributed by atoms with Gasteiger partial charge in [0.15, 0.2) is 6.10 Å². The Morgan fingerprint density at radius 2 is 0.500 bits per heavy atom. The summed E-state index contributed by atoms with van der Waals surface area (Å²) < 4.78 is 16.9. The highest BCUT2D eigenvalue weighted by Crippen LogP contribution is 2.15. The van der Waals surface area contributed by atoms with Gasteiger partial charge in [0.1, 0.15) is 13.2 Å². The molecule has 0 saturated carbocycles.